The minimum Gasteiger partial charge on any atom is -0.363 e. The molecule has 8 nitrogen and oxygen atoms in total. The second-order valence-corrected chi connectivity index (χ2v) is 6.26. The number of amides is 2. The van der Waals surface area contributed by atoms with E-state index in [-0.39, 0.29) is 17.4 Å². The third kappa shape index (κ3) is 4.24. The number of ketones is 1. The zero-order chi connectivity index (χ0) is 20.1. The molecule has 0 aliphatic carbocycles. The normalized spacial score (nSPS) is 11.6. The molecule has 2 heterocycles. The Hall–Kier alpha value is -3.52. The van der Waals surface area contributed by atoms with Crippen molar-refractivity contribution in [2.75, 3.05) is 0 Å². The Morgan fingerprint density at radius 1 is 1.07 bits per heavy atom. The van der Waals surface area contributed by atoms with Crippen molar-refractivity contribution in [3.8, 4) is 5.82 Å². The van der Waals surface area contributed by atoms with E-state index in [0.717, 1.165) is 5.56 Å². The van der Waals surface area contributed by atoms with Crippen LogP contribution in [0.25, 0.3) is 5.82 Å². The maximum absolute atomic E-state index is 12.8. The van der Waals surface area contributed by atoms with Crippen molar-refractivity contribution in [2.45, 2.75) is 12.5 Å². The minimum atomic E-state index is -1.14. The van der Waals surface area contributed by atoms with Crippen LogP contribution in [0.5, 0.6) is 0 Å². The summed E-state index contributed by atoms with van der Waals surface area (Å²) in [5.74, 6) is -2.41. The number of imidazole rings is 1. The van der Waals surface area contributed by atoms with Crippen LogP contribution in [0.2, 0.25) is 5.15 Å². The predicted octanol–water partition coefficient (Wildman–Crippen LogP) is 1.32. The van der Waals surface area contributed by atoms with Crippen LogP contribution >= 0.6 is 11.6 Å². The van der Waals surface area contributed by atoms with Gasteiger partial charge in [-0.2, -0.15) is 0 Å². The van der Waals surface area contributed by atoms with Crippen LogP contribution in [0.1, 0.15) is 16.2 Å². The lowest BCUT2D eigenvalue weighted by molar-refractivity contribution is -0.137. The summed E-state index contributed by atoms with van der Waals surface area (Å²) >= 11 is 6.14. The molecular formula is C19H16ClN5O3. The minimum absolute atomic E-state index is 0.0703. The van der Waals surface area contributed by atoms with E-state index in [4.69, 9.17) is 17.3 Å². The number of pyridine rings is 1. The third-order valence-electron chi connectivity index (χ3n) is 3.95. The van der Waals surface area contributed by atoms with E-state index in [2.05, 4.69) is 15.3 Å². The van der Waals surface area contributed by atoms with Crippen molar-refractivity contribution in [3.05, 3.63) is 77.5 Å². The van der Waals surface area contributed by atoms with Crippen LogP contribution in [-0.4, -0.2) is 38.2 Å². The molecule has 28 heavy (non-hydrogen) atoms. The van der Waals surface area contributed by atoms with Crippen molar-refractivity contribution in [3.63, 3.8) is 0 Å². The van der Waals surface area contributed by atoms with Gasteiger partial charge in [0.2, 0.25) is 11.6 Å². The second-order valence-electron chi connectivity index (χ2n) is 5.87. The van der Waals surface area contributed by atoms with Crippen LogP contribution < -0.4 is 11.1 Å². The molecule has 2 amide bonds. The van der Waals surface area contributed by atoms with E-state index < -0.39 is 23.6 Å². The van der Waals surface area contributed by atoms with Gasteiger partial charge in [0.05, 0.1) is 6.20 Å². The van der Waals surface area contributed by atoms with Crippen molar-refractivity contribution in [2.24, 2.45) is 5.73 Å². The average molecular weight is 398 g/mol. The quantitative estimate of drug-likeness (QED) is 0.582. The summed E-state index contributed by atoms with van der Waals surface area (Å²) in [4.78, 5) is 44.6. The maximum Gasteiger partial charge on any atom is 0.288 e. The van der Waals surface area contributed by atoms with E-state index in [1.165, 1.54) is 10.8 Å². The number of hydrogen-bond donors (Lipinski definition) is 2. The highest BCUT2D eigenvalue weighted by molar-refractivity contribution is 6.38. The zero-order valence-electron chi connectivity index (χ0n) is 14.6. The number of hydrogen-bond acceptors (Lipinski definition) is 5. The third-order valence-corrected chi connectivity index (χ3v) is 4.21. The van der Waals surface area contributed by atoms with E-state index in [1.807, 2.05) is 6.07 Å². The average Bonchev–Trinajstić information content (AvgIpc) is 3.09. The molecule has 0 aliphatic heterocycles. The van der Waals surface area contributed by atoms with Crippen LogP contribution in [-0.2, 0) is 16.0 Å². The van der Waals surface area contributed by atoms with E-state index in [1.54, 1.807) is 48.7 Å². The lowest BCUT2D eigenvalue weighted by atomic mass is 10.0. The molecule has 3 N–H and O–H groups in total. The number of rotatable bonds is 7. The van der Waals surface area contributed by atoms with Gasteiger partial charge in [-0.3, -0.25) is 19.0 Å². The largest absolute Gasteiger partial charge is 0.363 e. The van der Waals surface area contributed by atoms with Gasteiger partial charge in [-0.05, 0) is 17.7 Å². The van der Waals surface area contributed by atoms with E-state index in [9.17, 15) is 14.4 Å². The first-order valence-electron chi connectivity index (χ1n) is 8.30. The Bertz CT molecular complexity index is 1000. The van der Waals surface area contributed by atoms with Crippen molar-refractivity contribution in [1.82, 2.24) is 19.9 Å². The highest BCUT2D eigenvalue weighted by atomic mass is 35.5. The summed E-state index contributed by atoms with van der Waals surface area (Å²) < 4.78 is 1.34. The molecule has 2 aromatic heterocycles. The van der Waals surface area contributed by atoms with Crippen LogP contribution in [0.15, 0.2) is 60.9 Å². The second kappa shape index (κ2) is 8.45. The van der Waals surface area contributed by atoms with E-state index in [0.29, 0.717) is 5.82 Å². The number of aromatic nitrogens is 3. The van der Waals surface area contributed by atoms with Crippen molar-refractivity contribution < 1.29 is 14.4 Å². The number of nitrogens with two attached hydrogens (primary N) is 1. The molecule has 3 aromatic rings. The molecule has 1 aromatic carbocycles. The Balaban J connectivity index is 1.89. The van der Waals surface area contributed by atoms with Gasteiger partial charge < -0.3 is 11.1 Å². The summed E-state index contributed by atoms with van der Waals surface area (Å²) in [6.07, 6.45) is 2.95. The molecule has 3 rings (SSSR count). The van der Waals surface area contributed by atoms with Crippen LogP contribution in [0.3, 0.4) is 0 Å². The van der Waals surface area contributed by atoms with Crippen molar-refractivity contribution in [1.29, 1.82) is 0 Å². The van der Waals surface area contributed by atoms with Gasteiger partial charge in [-0.1, -0.05) is 48.0 Å². The van der Waals surface area contributed by atoms with Gasteiger partial charge in [0.25, 0.3) is 11.8 Å². The summed E-state index contributed by atoms with van der Waals surface area (Å²) in [5.41, 5.74) is 5.90. The number of carbonyl (C=O) groups excluding carboxylic acids is 3. The van der Waals surface area contributed by atoms with Gasteiger partial charge in [-0.15, -0.1) is 0 Å². The fourth-order valence-electron chi connectivity index (χ4n) is 2.65. The lowest BCUT2D eigenvalue weighted by Crippen LogP contribution is -2.47. The molecule has 142 valence electrons. The standard InChI is InChI=1S/C19H16ClN5O3/c20-14-11-23-18(25(14)15-8-4-5-9-22-15)19(28)24-13(16(26)17(21)27)10-12-6-2-1-3-7-12/h1-9,11,13H,10H2,(H2,21,27)(H,24,28). The number of halogens is 1. The number of nitrogens with one attached hydrogen (secondary N) is 1. The fraction of sp³-hybridized carbons (Fsp3) is 0.105. The molecule has 0 bridgehead atoms. The summed E-state index contributed by atoms with van der Waals surface area (Å²) in [6.45, 7) is 0. The number of Topliss-reactive ketones (excluding diaryl/α,β-unsaturated/α-hetero) is 1. The summed E-state index contributed by atoms with van der Waals surface area (Å²) in [5, 5.41) is 2.70. The molecule has 9 heteroatoms. The van der Waals surface area contributed by atoms with Crippen molar-refractivity contribution >= 4 is 29.2 Å². The molecule has 0 saturated carbocycles. The number of carbonyl (C=O) groups is 3. The first-order chi connectivity index (χ1) is 13.5. The van der Waals surface area contributed by atoms with Gasteiger partial charge >= 0.3 is 0 Å². The molecule has 0 aliphatic rings. The predicted molar refractivity (Wildman–Crippen MR) is 102 cm³/mol. The molecular weight excluding hydrogens is 382 g/mol. The topological polar surface area (TPSA) is 120 Å². The van der Waals surface area contributed by atoms with Gasteiger partial charge in [0.1, 0.15) is 17.0 Å². The molecule has 0 radical (unpaired) electrons. The fourth-order valence-corrected chi connectivity index (χ4v) is 2.86. The Labute approximate surface area is 165 Å². The van der Waals surface area contributed by atoms with Crippen LogP contribution in [0.4, 0.5) is 0 Å². The summed E-state index contributed by atoms with van der Waals surface area (Å²) in [7, 11) is 0. The molecule has 1 atom stereocenters. The van der Waals surface area contributed by atoms with Crippen LogP contribution in [0, 0.1) is 0 Å². The Morgan fingerprint density at radius 2 is 1.79 bits per heavy atom. The molecule has 0 fully saturated rings. The Kier molecular flexibility index (Phi) is 5.81. The number of benzene rings is 1. The maximum atomic E-state index is 12.8. The first-order valence-corrected chi connectivity index (χ1v) is 8.68. The number of nitrogens with zero attached hydrogens (tertiary/aromatic N) is 3. The Morgan fingerprint density at radius 3 is 2.43 bits per heavy atom. The molecule has 0 saturated heterocycles. The monoisotopic (exact) mass is 397 g/mol. The first kappa shape index (κ1) is 19.2. The zero-order valence-corrected chi connectivity index (χ0v) is 15.3. The summed E-state index contributed by atoms with van der Waals surface area (Å²) in [6, 6.07) is 12.9. The smallest absolute Gasteiger partial charge is 0.288 e. The van der Waals surface area contributed by atoms with Gasteiger partial charge in [0, 0.05) is 12.6 Å². The van der Waals surface area contributed by atoms with Gasteiger partial charge in [0.15, 0.2) is 0 Å². The van der Waals surface area contributed by atoms with E-state index >= 15 is 0 Å². The SMILES string of the molecule is NC(=O)C(=O)C(Cc1ccccc1)NC(=O)c1ncc(Cl)n1-c1ccccn1. The molecule has 1 unspecified atom stereocenters. The lowest BCUT2D eigenvalue weighted by Gasteiger charge is -2.16. The highest BCUT2D eigenvalue weighted by Gasteiger charge is 2.28. The number of primary amides is 1. The van der Waals surface area contributed by atoms with Gasteiger partial charge in [-0.25, -0.2) is 9.97 Å². The highest BCUT2D eigenvalue weighted by Crippen LogP contribution is 2.17. The molecule has 0 spiro atoms.